The molecule has 2 N–H and O–H groups in total. The maximum Gasteiger partial charge on any atom is 0.222 e. The third-order valence-corrected chi connectivity index (χ3v) is 6.84. The highest BCUT2D eigenvalue weighted by molar-refractivity contribution is 6.31. The second-order valence-corrected chi connectivity index (χ2v) is 9.00. The number of aromatic hydroxyl groups is 1. The molecule has 2 fully saturated rings. The molecule has 2 aromatic carbocycles. The molecule has 0 aromatic heterocycles. The number of nitrogens with zero attached hydrogens (tertiary/aromatic N) is 1. The van der Waals surface area contributed by atoms with Gasteiger partial charge < -0.3 is 19.8 Å². The number of rotatable bonds is 5. The van der Waals surface area contributed by atoms with E-state index in [9.17, 15) is 15.0 Å². The number of aryl methyl sites for hydroxylation is 2. The molecule has 0 bridgehead atoms. The Labute approximate surface area is 182 Å². The van der Waals surface area contributed by atoms with E-state index in [0.717, 1.165) is 29.8 Å². The molecular weight excluding hydrogens is 402 g/mol. The molecule has 1 saturated carbocycles. The molecule has 2 aliphatic rings. The van der Waals surface area contributed by atoms with Crippen molar-refractivity contribution in [2.75, 3.05) is 13.1 Å². The smallest absolute Gasteiger partial charge is 0.222 e. The summed E-state index contributed by atoms with van der Waals surface area (Å²) in [6, 6.07) is 12.5. The second-order valence-electron chi connectivity index (χ2n) is 8.59. The van der Waals surface area contributed by atoms with Crippen molar-refractivity contribution in [3.8, 4) is 11.5 Å². The number of ether oxygens (including phenoxy) is 1. The van der Waals surface area contributed by atoms with Gasteiger partial charge in [0.2, 0.25) is 5.91 Å². The molecule has 4 atom stereocenters. The molecule has 160 valence electrons. The van der Waals surface area contributed by atoms with Crippen LogP contribution in [0.15, 0.2) is 42.5 Å². The average Bonchev–Trinajstić information content (AvgIpc) is 3.13. The number of phenols is 1. The van der Waals surface area contributed by atoms with Crippen LogP contribution in [-0.4, -0.2) is 46.3 Å². The summed E-state index contributed by atoms with van der Waals surface area (Å²) in [6.07, 6.45) is 1.72. The molecule has 0 radical (unpaired) electrons. The third kappa shape index (κ3) is 4.73. The lowest BCUT2D eigenvalue weighted by atomic mass is 9.78. The third-order valence-electron chi connectivity index (χ3n) is 6.42. The van der Waals surface area contributed by atoms with Gasteiger partial charge in [-0.2, -0.15) is 0 Å². The summed E-state index contributed by atoms with van der Waals surface area (Å²) in [7, 11) is 0. The summed E-state index contributed by atoms with van der Waals surface area (Å²) < 4.78 is 6.09. The Morgan fingerprint density at radius 3 is 2.53 bits per heavy atom. The van der Waals surface area contributed by atoms with Gasteiger partial charge in [0.15, 0.2) is 0 Å². The largest absolute Gasteiger partial charge is 0.508 e. The minimum Gasteiger partial charge on any atom is -0.508 e. The molecular formula is C24H28ClNO4. The molecule has 30 heavy (non-hydrogen) atoms. The number of aliphatic hydroxyl groups excluding tert-OH is 1. The molecule has 1 heterocycles. The van der Waals surface area contributed by atoms with Crippen molar-refractivity contribution >= 4 is 17.5 Å². The van der Waals surface area contributed by atoms with Gasteiger partial charge in [-0.25, -0.2) is 0 Å². The lowest BCUT2D eigenvalue weighted by molar-refractivity contribution is -0.130. The number of benzene rings is 2. The highest BCUT2D eigenvalue weighted by atomic mass is 35.5. The number of likely N-dealkylation sites (tertiary alicyclic amines) is 1. The van der Waals surface area contributed by atoms with Crippen molar-refractivity contribution in [3.63, 3.8) is 0 Å². The molecule has 1 saturated heterocycles. The van der Waals surface area contributed by atoms with Crippen LogP contribution in [0.1, 0.15) is 30.4 Å². The fraction of sp³-hybridized carbons (Fsp3) is 0.458. The maximum absolute atomic E-state index is 12.7. The zero-order valence-corrected chi connectivity index (χ0v) is 17.9. The number of amides is 1. The first kappa shape index (κ1) is 21.0. The lowest BCUT2D eigenvalue weighted by Crippen LogP contribution is -2.42. The number of carbonyl (C=O) groups excluding carboxylic acids is 1. The minimum atomic E-state index is -0.533. The van der Waals surface area contributed by atoms with Crippen LogP contribution in [0.3, 0.4) is 0 Å². The van der Waals surface area contributed by atoms with Crippen molar-refractivity contribution in [2.45, 2.75) is 44.8 Å². The normalized spacial score (nSPS) is 25.8. The van der Waals surface area contributed by atoms with Crippen molar-refractivity contribution in [3.05, 3.63) is 58.6 Å². The first-order chi connectivity index (χ1) is 14.4. The number of carbonyl (C=O) groups is 1. The highest BCUT2D eigenvalue weighted by Gasteiger charge is 2.43. The van der Waals surface area contributed by atoms with Crippen LogP contribution in [0.5, 0.6) is 11.5 Å². The van der Waals surface area contributed by atoms with Crippen LogP contribution in [0, 0.1) is 18.8 Å². The number of hydrogen-bond acceptors (Lipinski definition) is 4. The van der Waals surface area contributed by atoms with Gasteiger partial charge in [0, 0.05) is 24.5 Å². The Bertz CT molecular complexity index is 901. The van der Waals surface area contributed by atoms with E-state index in [1.54, 1.807) is 12.1 Å². The van der Waals surface area contributed by atoms with Crippen molar-refractivity contribution < 1.29 is 19.7 Å². The van der Waals surface area contributed by atoms with E-state index in [1.807, 2.05) is 42.2 Å². The highest BCUT2D eigenvalue weighted by Crippen LogP contribution is 2.38. The second kappa shape index (κ2) is 8.86. The van der Waals surface area contributed by atoms with Crippen LogP contribution in [0.4, 0.5) is 0 Å². The van der Waals surface area contributed by atoms with E-state index in [-0.39, 0.29) is 17.8 Å². The average molecular weight is 430 g/mol. The van der Waals surface area contributed by atoms with E-state index in [0.29, 0.717) is 42.7 Å². The van der Waals surface area contributed by atoms with E-state index in [4.69, 9.17) is 16.3 Å². The van der Waals surface area contributed by atoms with Gasteiger partial charge in [-0.15, -0.1) is 0 Å². The SMILES string of the molecule is Cc1cc(O[C@@H]2C[C@@H]3CN(C(=O)CCc4ccc(O)cc4)C[C@@H]3C[C@H]2O)ccc1Cl. The fourth-order valence-electron chi connectivity index (χ4n) is 4.66. The Hall–Kier alpha value is -2.24. The molecule has 0 spiro atoms. The van der Waals surface area contributed by atoms with Crippen molar-refractivity contribution in [2.24, 2.45) is 11.8 Å². The Morgan fingerprint density at radius 2 is 1.83 bits per heavy atom. The molecule has 4 rings (SSSR count). The molecule has 1 amide bonds. The predicted molar refractivity (Wildman–Crippen MR) is 116 cm³/mol. The Kier molecular flexibility index (Phi) is 6.21. The minimum absolute atomic E-state index is 0.151. The zero-order valence-electron chi connectivity index (χ0n) is 17.1. The molecule has 6 heteroatoms. The molecule has 1 aliphatic heterocycles. The Morgan fingerprint density at radius 1 is 1.13 bits per heavy atom. The summed E-state index contributed by atoms with van der Waals surface area (Å²) in [5.41, 5.74) is 1.99. The summed E-state index contributed by atoms with van der Waals surface area (Å²) in [4.78, 5) is 14.7. The predicted octanol–water partition coefficient (Wildman–Crippen LogP) is 3.96. The molecule has 5 nitrogen and oxygen atoms in total. The van der Waals surface area contributed by atoms with Crippen LogP contribution in [-0.2, 0) is 11.2 Å². The van der Waals surface area contributed by atoms with Crippen molar-refractivity contribution in [1.29, 1.82) is 0 Å². The van der Waals surface area contributed by atoms with Gasteiger partial charge in [0.1, 0.15) is 17.6 Å². The van der Waals surface area contributed by atoms with E-state index >= 15 is 0 Å². The number of halogens is 1. The van der Waals surface area contributed by atoms with Crippen LogP contribution >= 0.6 is 11.6 Å². The zero-order chi connectivity index (χ0) is 21.3. The standard InChI is InChI=1S/C24H28ClNO4/c1-15-10-20(7-8-21(15)25)30-23-12-18-14-26(13-17(18)11-22(23)28)24(29)9-4-16-2-5-19(27)6-3-16/h2-3,5-8,10,17-18,22-23,27-28H,4,9,11-14H2,1H3/t17-,18+,22+,23+/m0/s1. The van der Waals surface area contributed by atoms with Gasteiger partial charge in [0.25, 0.3) is 0 Å². The van der Waals surface area contributed by atoms with Gasteiger partial charge in [-0.05, 0) is 79.5 Å². The van der Waals surface area contributed by atoms with Crippen LogP contribution < -0.4 is 4.74 Å². The number of hydrogen-bond donors (Lipinski definition) is 2. The molecule has 2 aromatic rings. The summed E-state index contributed by atoms with van der Waals surface area (Å²) in [6.45, 7) is 3.37. The van der Waals surface area contributed by atoms with Crippen molar-refractivity contribution in [1.82, 2.24) is 4.90 Å². The lowest BCUT2D eigenvalue weighted by Gasteiger charge is -2.35. The summed E-state index contributed by atoms with van der Waals surface area (Å²) in [5, 5.41) is 20.7. The first-order valence-electron chi connectivity index (χ1n) is 10.6. The topological polar surface area (TPSA) is 70.0 Å². The maximum atomic E-state index is 12.7. The van der Waals surface area contributed by atoms with Gasteiger partial charge in [0.05, 0.1) is 6.10 Å². The monoisotopic (exact) mass is 429 g/mol. The van der Waals surface area contributed by atoms with Gasteiger partial charge >= 0.3 is 0 Å². The molecule has 1 aliphatic carbocycles. The fourth-order valence-corrected chi connectivity index (χ4v) is 4.78. The van der Waals surface area contributed by atoms with E-state index in [2.05, 4.69) is 0 Å². The van der Waals surface area contributed by atoms with E-state index in [1.165, 1.54) is 0 Å². The first-order valence-corrected chi connectivity index (χ1v) is 10.9. The van der Waals surface area contributed by atoms with Crippen LogP contribution in [0.25, 0.3) is 0 Å². The number of aliphatic hydroxyl groups is 1. The Balaban J connectivity index is 1.32. The number of fused-ring (bicyclic) bond motifs is 1. The summed E-state index contributed by atoms with van der Waals surface area (Å²) in [5.74, 6) is 1.78. The molecule has 0 unspecified atom stereocenters. The van der Waals surface area contributed by atoms with E-state index < -0.39 is 6.10 Å². The van der Waals surface area contributed by atoms with Gasteiger partial charge in [-0.1, -0.05) is 23.7 Å². The van der Waals surface area contributed by atoms with Crippen LogP contribution in [0.2, 0.25) is 5.02 Å². The number of phenolic OH excluding ortho intramolecular Hbond substituents is 1. The quantitative estimate of drug-likeness (QED) is 0.754. The van der Waals surface area contributed by atoms with Gasteiger partial charge in [-0.3, -0.25) is 4.79 Å². The summed E-state index contributed by atoms with van der Waals surface area (Å²) >= 11 is 6.09.